The van der Waals surface area contributed by atoms with Crippen molar-refractivity contribution < 1.29 is 0 Å². The predicted octanol–water partition coefficient (Wildman–Crippen LogP) is 2.26. The molecule has 76 valence electrons. The maximum absolute atomic E-state index is 8.84. The van der Waals surface area contributed by atoms with Gasteiger partial charge in [0.2, 0.25) is 0 Å². The molecule has 0 fully saturated rings. The molecule has 1 aliphatic carbocycles. The molecule has 0 aliphatic heterocycles. The number of nitrogens with zero attached hydrogens (tertiary/aromatic N) is 1. The van der Waals surface area contributed by atoms with E-state index in [1.54, 1.807) is 6.08 Å². The summed E-state index contributed by atoms with van der Waals surface area (Å²) in [5.74, 6) is 0. The summed E-state index contributed by atoms with van der Waals surface area (Å²) in [6, 6.07) is 2.11. The average molecular weight is 198 g/mol. The topological polar surface area (TPSA) is 35.8 Å². The van der Waals surface area contributed by atoms with Crippen LogP contribution in [0.4, 0.5) is 0 Å². The van der Waals surface area contributed by atoms with E-state index in [0.717, 1.165) is 5.57 Å². The lowest BCUT2D eigenvalue weighted by molar-refractivity contribution is 0.715. The van der Waals surface area contributed by atoms with Gasteiger partial charge in [0, 0.05) is 12.1 Å². The minimum absolute atomic E-state index is 0.0325. The van der Waals surface area contributed by atoms with Gasteiger partial charge < -0.3 is 5.32 Å². The third-order valence-electron chi connectivity index (χ3n) is 2.10. The Kier molecular flexibility index (Phi) is 4.33. The van der Waals surface area contributed by atoms with Crippen molar-refractivity contribution in [3.05, 3.63) is 60.8 Å². The molecular formula is C13H14N2. The van der Waals surface area contributed by atoms with Crippen molar-refractivity contribution in [3.63, 3.8) is 0 Å². The van der Waals surface area contributed by atoms with Gasteiger partial charge in [0.05, 0.1) is 12.1 Å². The molecule has 1 unspecified atom stereocenters. The van der Waals surface area contributed by atoms with E-state index in [2.05, 4.69) is 24.5 Å². The molecule has 0 aromatic rings. The highest BCUT2D eigenvalue weighted by atomic mass is 14.9. The molecule has 2 heteroatoms. The van der Waals surface area contributed by atoms with Crippen molar-refractivity contribution in [2.24, 2.45) is 0 Å². The van der Waals surface area contributed by atoms with E-state index in [1.165, 1.54) is 0 Å². The molecule has 0 bridgehead atoms. The second-order valence-electron chi connectivity index (χ2n) is 3.16. The Morgan fingerprint density at radius 2 is 2.33 bits per heavy atom. The molecule has 1 aliphatic rings. The van der Waals surface area contributed by atoms with Crippen LogP contribution < -0.4 is 5.32 Å². The van der Waals surface area contributed by atoms with Crippen molar-refractivity contribution in [3.8, 4) is 6.07 Å². The molecule has 15 heavy (non-hydrogen) atoms. The van der Waals surface area contributed by atoms with Gasteiger partial charge in [-0.2, -0.15) is 5.26 Å². The molecule has 0 radical (unpaired) electrons. The molecule has 0 aromatic heterocycles. The van der Waals surface area contributed by atoms with Crippen LogP contribution in [-0.2, 0) is 0 Å². The third-order valence-corrected chi connectivity index (χ3v) is 2.10. The van der Waals surface area contributed by atoms with Gasteiger partial charge in [0.25, 0.3) is 0 Å². The number of nitrogens with one attached hydrogen (secondary N) is 1. The largest absolute Gasteiger partial charge is 0.303 e. The number of hydrogen-bond donors (Lipinski definition) is 1. The van der Waals surface area contributed by atoms with Gasteiger partial charge in [-0.15, -0.1) is 6.58 Å². The van der Waals surface area contributed by atoms with Crippen molar-refractivity contribution >= 4 is 0 Å². The summed E-state index contributed by atoms with van der Waals surface area (Å²) in [5, 5.41) is 12.1. The molecule has 2 nitrogen and oxygen atoms in total. The summed E-state index contributed by atoms with van der Waals surface area (Å²) < 4.78 is 0. The summed E-state index contributed by atoms with van der Waals surface area (Å²) in [6.45, 7) is 8.08. The number of allylic oxidation sites excluding steroid dienone is 4. The summed E-state index contributed by atoms with van der Waals surface area (Å²) >= 11 is 0. The lowest BCUT2D eigenvalue weighted by Gasteiger charge is -2.15. The normalized spacial score (nSPS) is 18.9. The van der Waals surface area contributed by atoms with Crippen molar-refractivity contribution in [1.29, 1.82) is 5.26 Å². The molecule has 0 spiro atoms. The lowest BCUT2D eigenvalue weighted by Crippen LogP contribution is -2.29. The van der Waals surface area contributed by atoms with Crippen molar-refractivity contribution in [1.82, 2.24) is 5.32 Å². The van der Waals surface area contributed by atoms with E-state index in [0.29, 0.717) is 12.1 Å². The molecular weight excluding hydrogens is 184 g/mol. The molecule has 0 aromatic carbocycles. The smallest absolute Gasteiger partial charge is 0.0988 e. The predicted molar refractivity (Wildman–Crippen MR) is 63.1 cm³/mol. The Balaban J connectivity index is 2.86. The van der Waals surface area contributed by atoms with Gasteiger partial charge in [-0.1, -0.05) is 43.0 Å². The van der Waals surface area contributed by atoms with Crippen LogP contribution >= 0.6 is 0 Å². The van der Waals surface area contributed by atoms with Crippen LogP contribution in [0.3, 0.4) is 0 Å². The summed E-state index contributed by atoms with van der Waals surface area (Å²) in [7, 11) is 0. The van der Waals surface area contributed by atoms with Gasteiger partial charge in [0.1, 0.15) is 0 Å². The van der Waals surface area contributed by atoms with Crippen LogP contribution in [0.25, 0.3) is 0 Å². The van der Waals surface area contributed by atoms with Crippen molar-refractivity contribution in [2.75, 3.05) is 6.54 Å². The molecule has 1 atom stereocenters. The summed E-state index contributed by atoms with van der Waals surface area (Å²) in [5.41, 5.74) is 1.40. The first-order valence-corrected chi connectivity index (χ1v) is 4.78. The van der Waals surface area contributed by atoms with E-state index in [-0.39, 0.29) is 6.04 Å². The van der Waals surface area contributed by atoms with E-state index < -0.39 is 0 Å². The first-order chi connectivity index (χ1) is 7.29. The van der Waals surface area contributed by atoms with Crippen molar-refractivity contribution in [2.45, 2.75) is 6.04 Å². The first kappa shape index (κ1) is 11.2. The zero-order valence-corrected chi connectivity index (χ0v) is 8.61. The summed E-state index contributed by atoms with van der Waals surface area (Å²) in [4.78, 5) is 0. The van der Waals surface area contributed by atoms with Crippen LogP contribution in [0.5, 0.6) is 0 Å². The Morgan fingerprint density at radius 1 is 1.53 bits per heavy atom. The fourth-order valence-electron chi connectivity index (χ4n) is 1.35. The van der Waals surface area contributed by atoms with E-state index in [4.69, 9.17) is 5.26 Å². The SMILES string of the molecule is C=CCNC1C=CC=CC=C1C(=C)C#N. The Hall–Kier alpha value is -1.85. The Morgan fingerprint density at radius 3 is 3.00 bits per heavy atom. The molecule has 1 N–H and O–H groups in total. The van der Waals surface area contributed by atoms with Crippen LogP contribution in [0.1, 0.15) is 0 Å². The summed E-state index contributed by atoms with van der Waals surface area (Å²) in [6.07, 6.45) is 11.5. The molecule has 0 saturated carbocycles. The second kappa shape index (κ2) is 5.79. The zero-order chi connectivity index (χ0) is 11.1. The van der Waals surface area contributed by atoms with Gasteiger partial charge >= 0.3 is 0 Å². The molecule has 1 rings (SSSR count). The van der Waals surface area contributed by atoms with E-state index >= 15 is 0 Å². The average Bonchev–Trinajstić information content (AvgIpc) is 2.50. The van der Waals surface area contributed by atoms with Gasteiger partial charge in [-0.05, 0) is 5.57 Å². The quantitative estimate of drug-likeness (QED) is 0.555. The van der Waals surface area contributed by atoms with E-state index in [9.17, 15) is 0 Å². The highest BCUT2D eigenvalue weighted by Gasteiger charge is 2.12. The Labute approximate surface area is 90.6 Å². The van der Waals surface area contributed by atoms with Gasteiger partial charge in [-0.3, -0.25) is 0 Å². The van der Waals surface area contributed by atoms with Crippen LogP contribution in [0.15, 0.2) is 60.8 Å². The van der Waals surface area contributed by atoms with Crippen LogP contribution in [0, 0.1) is 11.3 Å². The van der Waals surface area contributed by atoms with Crippen LogP contribution in [0.2, 0.25) is 0 Å². The molecule has 0 heterocycles. The Bertz CT molecular complexity index is 378. The highest BCUT2D eigenvalue weighted by molar-refractivity contribution is 5.48. The number of hydrogen-bond acceptors (Lipinski definition) is 2. The third kappa shape index (κ3) is 3.08. The first-order valence-electron chi connectivity index (χ1n) is 4.78. The highest BCUT2D eigenvalue weighted by Crippen LogP contribution is 2.15. The van der Waals surface area contributed by atoms with Gasteiger partial charge in [0.15, 0.2) is 0 Å². The maximum Gasteiger partial charge on any atom is 0.0988 e. The molecule has 0 amide bonds. The molecule has 0 saturated heterocycles. The van der Waals surface area contributed by atoms with Gasteiger partial charge in [-0.25, -0.2) is 0 Å². The maximum atomic E-state index is 8.84. The standard InChI is InChI=1S/C13H14N2/c1-3-9-15-13-8-6-4-5-7-12(13)11(2)10-14/h3-8,13,15H,1-2,9H2. The monoisotopic (exact) mass is 198 g/mol. The minimum atomic E-state index is 0.0325. The second-order valence-corrected chi connectivity index (χ2v) is 3.16. The fourth-order valence-corrected chi connectivity index (χ4v) is 1.35. The number of nitriles is 1. The van der Waals surface area contributed by atoms with Crippen LogP contribution in [-0.4, -0.2) is 12.6 Å². The number of rotatable bonds is 4. The lowest BCUT2D eigenvalue weighted by atomic mass is 10.0. The zero-order valence-electron chi connectivity index (χ0n) is 8.61. The van der Waals surface area contributed by atoms with E-state index in [1.807, 2.05) is 30.4 Å². The minimum Gasteiger partial charge on any atom is -0.303 e. The fraction of sp³-hybridized carbons (Fsp3) is 0.154.